The molecule has 174 valence electrons. The lowest BCUT2D eigenvalue weighted by Gasteiger charge is -2.50. The molecule has 2 saturated heterocycles. The third kappa shape index (κ3) is 6.56. The van der Waals surface area contributed by atoms with Crippen molar-refractivity contribution in [3.63, 3.8) is 0 Å². The first-order valence-corrected chi connectivity index (χ1v) is 11.9. The van der Waals surface area contributed by atoms with Gasteiger partial charge in [0.2, 0.25) is 0 Å². The molecule has 31 heavy (non-hydrogen) atoms. The number of para-hydroxylation sites is 1. The van der Waals surface area contributed by atoms with Crippen LogP contribution < -0.4 is 15.4 Å². The van der Waals surface area contributed by atoms with Gasteiger partial charge in [-0.2, -0.15) is 0 Å². The fraction of sp³-hybridized carbons (Fsp3) is 0.708. The Bertz CT molecular complexity index is 699. The molecular weight excluding hydrogens is 393 g/mol. The van der Waals surface area contributed by atoms with Crippen molar-refractivity contribution < 1.29 is 9.13 Å². The van der Waals surface area contributed by atoms with Gasteiger partial charge in [-0.25, -0.2) is 4.39 Å². The summed E-state index contributed by atoms with van der Waals surface area (Å²) in [6.07, 6.45) is 6.97. The minimum absolute atomic E-state index is 0.130. The maximum atomic E-state index is 13.9. The molecule has 2 fully saturated rings. The van der Waals surface area contributed by atoms with Crippen LogP contribution in [0, 0.1) is 5.82 Å². The van der Waals surface area contributed by atoms with Crippen LogP contribution in [0.4, 0.5) is 4.39 Å². The topological polar surface area (TPSA) is 52.1 Å². The molecule has 3 rings (SSSR count). The zero-order chi connectivity index (χ0) is 22.1. The van der Waals surface area contributed by atoms with E-state index >= 15 is 0 Å². The Kier molecular flexibility index (Phi) is 8.96. The fourth-order valence-electron chi connectivity index (χ4n) is 4.68. The highest BCUT2D eigenvalue weighted by molar-refractivity contribution is 5.79. The number of guanidine groups is 1. The number of rotatable bonds is 8. The lowest BCUT2D eigenvalue weighted by Crippen LogP contribution is -2.62. The molecule has 2 N–H and O–H groups in total. The molecule has 1 aromatic rings. The standard InChI is InChI=1S/C24H40FN5O/c1-4-20(31-22-11-7-6-10-21(22)25)18-27-23(26-2)28-19-24(12-16-29(3)17-13-24)30-14-8-5-9-15-30/h6-7,10-11,20H,4-5,8-9,12-19H2,1-3H3,(H2,26,27,28). The summed E-state index contributed by atoms with van der Waals surface area (Å²) in [4.78, 5) is 9.58. The first kappa shape index (κ1) is 23.8. The molecule has 7 heteroatoms. The SMILES string of the molecule is CCC(CNC(=NC)NCC1(N2CCCCC2)CCN(C)CC1)Oc1ccccc1F. The molecule has 0 aliphatic carbocycles. The quantitative estimate of drug-likeness (QED) is 0.487. The maximum absolute atomic E-state index is 13.9. The Morgan fingerprint density at radius 1 is 1.13 bits per heavy atom. The normalized spacial score (nSPS) is 21.5. The van der Waals surface area contributed by atoms with Crippen LogP contribution in [0.1, 0.15) is 45.4 Å². The van der Waals surface area contributed by atoms with Gasteiger partial charge in [-0.3, -0.25) is 9.89 Å². The molecule has 2 aliphatic heterocycles. The molecule has 0 aromatic heterocycles. The van der Waals surface area contributed by atoms with E-state index in [1.807, 2.05) is 6.92 Å². The van der Waals surface area contributed by atoms with Crippen molar-refractivity contribution >= 4 is 5.96 Å². The van der Waals surface area contributed by atoms with Crippen molar-refractivity contribution in [1.29, 1.82) is 0 Å². The second-order valence-corrected chi connectivity index (χ2v) is 8.96. The van der Waals surface area contributed by atoms with E-state index in [4.69, 9.17) is 4.74 Å². The highest BCUT2D eigenvalue weighted by atomic mass is 19.1. The monoisotopic (exact) mass is 433 g/mol. The van der Waals surface area contributed by atoms with Crippen LogP contribution in [0.5, 0.6) is 5.75 Å². The number of piperidine rings is 2. The summed E-state index contributed by atoms with van der Waals surface area (Å²) in [5, 5.41) is 6.99. The van der Waals surface area contributed by atoms with Gasteiger partial charge in [0.1, 0.15) is 6.10 Å². The first-order chi connectivity index (χ1) is 15.1. The van der Waals surface area contributed by atoms with Gasteiger partial charge in [0.15, 0.2) is 17.5 Å². The maximum Gasteiger partial charge on any atom is 0.191 e. The Hall–Kier alpha value is -1.86. The van der Waals surface area contributed by atoms with Crippen molar-refractivity contribution in [3.8, 4) is 5.75 Å². The Morgan fingerprint density at radius 2 is 1.84 bits per heavy atom. The van der Waals surface area contributed by atoms with Gasteiger partial charge >= 0.3 is 0 Å². The van der Waals surface area contributed by atoms with Crippen LogP contribution in [-0.4, -0.2) is 80.8 Å². The van der Waals surface area contributed by atoms with E-state index in [-0.39, 0.29) is 17.5 Å². The van der Waals surface area contributed by atoms with Gasteiger partial charge in [0, 0.05) is 19.1 Å². The summed E-state index contributed by atoms with van der Waals surface area (Å²) < 4.78 is 19.8. The Morgan fingerprint density at radius 3 is 2.48 bits per heavy atom. The summed E-state index contributed by atoms with van der Waals surface area (Å²) in [7, 11) is 4.02. The summed E-state index contributed by atoms with van der Waals surface area (Å²) in [6, 6.07) is 6.57. The fourth-order valence-corrected chi connectivity index (χ4v) is 4.68. The Balaban J connectivity index is 1.55. The van der Waals surface area contributed by atoms with Gasteiger partial charge in [0.25, 0.3) is 0 Å². The molecule has 1 aromatic carbocycles. The highest BCUT2D eigenvalue weighted by Gasteiger charge is 2.39. The third-order valence-corrected chi connectivity index (χ3v) is 6.84. The lowest BCUT2D eigenvalue weighted by molar-refractivity contribution is 0.0173. The molecule has 0 saturated carbocycles. The van der Waals surface area contributed by atoms with Crippen LogP contribution in [0.3, 0.4) is 0 Å². The lowest BCUT2D eigenvalue weighted by atomic mass is 9.84. The molecule has 1 atom stereocenters. The van der Waals surface area contributed by atoms with Crippen molar-refractivity contribution in [2.45, 2.75) is 57.1 Å². The van der Waals surface area contributed by atoms with Crippen molar-refractivity contribution in [1.82, 2.24) is 20.4 Å². The largest absolute Gasteiger partial charge is 0.486 e. The Labute approximate surface area is 187 Å². The van der Waals surface area contributed by atoms with Gasteiger partial charge < -0.3 is 20.3 Å². The van der Waals surface area contributed by atoms with Gasteiger partial charge in [-0.15, -0.1) is 0 Å². The number of aliphatic imine (C=N–C) groups is 1. The van der Waals surface area contributed by atoms with E-state index in [1.54, 1.807) is 25.2 Å². The molecular formula is C24H40FN5O. The van der Waals surface area contributed by atoms with E-state index in [9.17, 15) is 4.39 Å². The van der Waals surface area contributed by atoms with E-state index in [0.29, 0.717) is 12.3 Å². The summed E-state index contributed by atoms with van der Waals surface area (Å²) in [5.41, 5.74) is 0.193. The number of nitrogens with zero attached hydrogens (tertiary/aromatic N) is 3. The summed E-state index contributed by atoms with van der Waals surface area (Å²) in [6.45, 7) is 8.19. The minimum atomic E-state index is -0.325. The third-order valence-electron chi connectivity index (χ3n) is 6.84. The van der Waals surface area contributed by atoms with E-state index in [2.05, 4.69) is 32.5 Å². The summed E-state index contributed by atoms with van der Waals surface area (Å²) in [5.74, 6) is 0.759. The van der Waals surface area contributed by atoms with E-state index in [1.165, 1.54) is 51.3 Å². The second-order valence-electron chi connectivity index (χ2n) is 8.96. The average molecular weight is 434 g/mol. The predicted molar refractivity (Wildman–Crippen MR) is 125 cm³/mol. The molecule has 6 nitrogen and oxygen atoms in total. The smallest absolute Gasteiger partial charge is 0.191 e. The highest BCUT2D eigenvalue weighted by Crippen LogP contribution is 2.30. The number of likely N-dealkylation sites (tertiary alicyclic amines) is 2. The molecule has 0 amide bonds. The minimum Gasteiger partial charge on any atom is -0.486 e. The first-order valence-electron chi connectivity index (χ1n) is 11.9. The van der Waals surface area contributed by atoms with Crippen LogP contribution in [0.15, 0.2) is 29.3 Å². The predicted octanol–water partition coefficient (Wildman–Crippen LogP) is 3.10. The number of hydrogen-bond acceptors (Lipinski definition) is 4. The summed E-state index contributed by atoms with van der Waals surface area (Å²) >= 11 is 0. The molecule has 0 bridgehead atoms. The number of halogens is 1. The van der Waals surface area contributed by atoms with E-state index in [0.717, 1.165) is 32.0 Å². The van der Waals surface area contributed by atoms with Crippen molar-refractivity contribution in [3.05, 3.63) is 30.1 Å². The molecule has 0 spiro atoms. The number of hydrogen-bond donors (Lipinski definition) is 2. The van der Waals surface area contributed by atoms with Gasteiger partial charge in [-0.05, 0) is 77.5 Å². The zero-order valence-electron chi connectivity index (χ0n) is 19.5. The van der Waals surface area contributed by atoms with E-state index < -0.39 is 0 Å². The number of ether oxygens (including phenoxy) is 1. The van der Waals surface area contributed by atoms with Gasteiger partial charge in [0.05, 0.1) is 6.54 Å². The van der Waals surface area contributed by atoms with Crippen LogP contribution in [-0.2, 0) is 0 Å². The number of benzene rings is 1. The van der Waals surface area contributed by atoms with Crippen molar-refractivity contribution in [2.24, 2.45) is 4.99 Å². The van der Waals surface area contributed by atoms with Crippen molar-refractivity contribution in [2.75, 3.05) is 53.4 Å². The zero-order valence-corrected chi connectivity index (χ0v) is 19.5. The van der Waals surface area contributed by atoms with Crippen LogP contribution in [0.25, 0.3) is 0 Å². The van der Waals surface area contributed by atoms with Gasteiger partial charge in [-0.1, -0.05) is 25.5 Å². The molecule has 2 aliphatic rings. The molecule has 2 heterocycles. The van der Waals surface area contributed by atoms with Crippen LogP contribution >= 0.6 is 0 Å². The number of nitrogens with one attached hydrogen (secondary N) is 2. The average Bonchev–Trinajstić information content (AvgIpc) is 2.81. The molecule has 0 radical (unpaired) electrons. The van der Waals surface area contributed by atoms with Crippen LogP contribution in [0.2, 0.25) is 0 Å². The second kappa shape index (κ2) is 11.7. The molecule has 1 unspecified atom stereocenters.